The lowest BCUT2D eigenvalue weighted by Gasteiger charge is -2.35. The second kappa shape index (κ2) is 11.7. The fourth-order valence-electron chi connectivity index (χ4n) is 4.39. The number of nitrogens with one attached hydrogen (secondary N) is 2. The molecule has 2 fully saturated rings. The maximum atomic E-state index is 13.1. The van der Waals surface area contributed by atoms with E-state index in [4.69, 9.17) is 9.47 Å². The lowest BCUT2D eigenvalue weighted by atomic mass is 9.96. The molecule has 0 radical (unpaired) electrons. The predicted molar refractivity (Wildman–Crippen MR) is 118 cm³/mol. The first-order valence-electron chi connectivity index (χ1n) is 11.4. The Kier molecular flexibility index (Phi) is 8.72. The number of rotatable bonds is 7. The summed E-state index contributed by atoms with van der Waals surface area (Å²) in [6.07, 6.45) is 5.69. The van der Waals surface area contributed by atoms with Crippen LogP contribution in [0.25, 0.3) is 0 Å². The first kappa shape index (κ1) is 23.8. The molecule has 9 heteroatoms. The summed E-state index contributed by atoms with van der Waals surface area (Å²) in [6, 6.07) is 5.79. The van der Waals surface area contributed by atoms with Crippen LogP contribution < -0.4 is 20.7 Å². The molecule has 3 rings (SSSR count). The van der Waals surface area contributed by atoms with Crippen LogP contribution in [0.2, 0.25) is 0 Å². The van der Waals surface area contributed by atoms with E-state index in [2.05, 4.69) is 10.6 Å². The summed E-state index contributed by atoms with van der Waals surface area (Å²) < 4.78 is 10.1. The number of urea groups is 1. The Morgan fingerprint density at radius 2 is 1.84 bits per heavy atom. The number of esters is 1. The third kappa shape index (κ3) is 6.35. The molecule has 176 valence electrons. The SMILES string of the molecule is COC(=O)[C@H](Cc1ccc(OC)cc1)NC(=O)[C@@H]1C[NH2+]CCN1C(=O)NC1CCCCC1. The molecule has 1 aromatic carbocycles. The number of hydrogen-bond donors (Lipinski definition) is 3. The topological polar surface area (TPSA) is 114 Å². The van der Waals surface area contributed by atoms with Gasteiger partial charge in [-0.05, 0) is 30.5 Å². The van der Waals surface area contributed by atoms with Crippen LogP contribution in [0.4, 0.5) is 4.79 Å². The Hall–Kier alpha value is -2.81. The smallest absolute Gasteiger partial charge is 0.328 e. The van der Waals surface area contributed by atoms with Gasteiger partial charge in [0.05, 0.1) is 27.3 Å². The normalized spacial score (nSPS) is 20.2. The summed E-state index contributed by atoms with van der Waals surface area (Å²) in [6.45, 7) is 1.69. The van der Waals surface area contributed by atoms with Crippen molar-refractivity contribution >= 4 is 17.9 Å². The number of benzene rings is 1. The molecule has 1 saturated carbocycles. The molecule has 32 heavy (non-hydrogen) atoms. The van der Waals surface area contributed by atoms with Gasteiger partial charge < -0.3 is 30.3 Å². The monoisotopic (exact) mass is 447 g/mol. The first-order valence-corrected chi connectivity index (χ1v) is 11.4. The molecule has 2 atom stereocenters. The second-order valence-electron chi connectivity index (χ2n) is 8.44. The van der Waals surface area contributed by atoms with E-state index in [0.29, 0.717) is 18.8 Å². The van der Waals surface area contributed by atoms with Crippen LogP contribution in [0.3, 0.4) is 0 Å². The summed E-state index contributed by atoms with van der Waals surface area (Å²) in [5.74, 6) is -0.152. The van der Waals surface area contributed by atoms with Crippen molar-refractivity contribution in [1.82, 2.24) is 15.5 Å². The van der Waals surface area contributed by atoms with Gasteiger partial charge in [-0.3, -0.25) is 4.79 Å². The highest BCUT2D eigenvalue weighted by Crippen LogP contribution is 2.18. The molecule has 2 aliphatic rings. The van der Waals surface area contributed by atoms with Crippen LogP contribution in [0.1, 0.15) is 37.7 Å². The van der Waals surface area contributed by atoms with Gasteiger partial charge in [-0.1, -0.05) is 31.4 Å². The van der Waals surface area contributed by atoms with Gasteiger partial charge in [0.25, 0.3) is 0 Å². The minimum atomic E-state index is -0.842. The average molecular weight is 448 g/mol. The number of methoxy groups -OCH3 is 2. The summed E-state index contributed by atoms with van der Waals surface area (Å²) in [7, 11) is 2.89. The third-order valence-electron chi connectivity index (χ3n) is 6.24. The van der Waals surface area contributed by atoms with E-state index in [1.165, 1.54) is 13.5 Å². The zero-order valence-corrected chi connectivity index (χ0v) is 19.0. The molecule has 0 bridgehead atoms. The number of carbonyl (C=O) groups excluding carboxylic acids is 3. The summed E-state index contributed by atoms with van der Waals surface area (Å²) in [5, 5.41) is 7.94. The molecule has 4 N–H and O–H groups in total. The van der Waals surface area contributed by atoms with E-state index < -0.39 is 18.1 Å². The quantitative estimate of drug-likeness (QED) is 0.516. The molecule has 9 nitrogen and oxygen atoms in total. The lowest BCUT2D eigenvalue weighted by Crippen LogP contribution is -2.93. The molecular weight excluding hydrogens is 412 g/mol. The van der Waals surface area contributed by atoms with Gasteiger partial charge in [0.15, 0.2) is 6.04 Å². The van der Waals surface area contributed by atoms with Gasteiger partial charge >= 0.3 is 12.0 Å². The number of ether oxygens (including phenoxy) is 2. The van der Waals surface area contributed by atoms with Crippen LogP contribution >= 0.6 is 0 Å². The Morgan fingerprint density at radius 1 is 1.12 bits per heavy atom. The number of piperazine rings is 1. The minimum absolute atomic E-state index is 0.170. The minimum Gasteiger partial charge on any atom is -0.497 e. The van der Waals surface area contributed by atoms with Crippen LogP contribution in [-0.4, -0.2) is 74.8 Å². The van der Waals surface area contributed by atoms with Gasteiger partial charge in [-0.2, -0.15) is 0 Å². The first-order chi connectivity index (χ1) is 15.5. The summed E-state index contributed by atoms with van der Waals surface area (Å²) in [4.78, 5) is 40.0. The highest BCUT2D eigenvalue weighted by atomic mass is 16.5. The predicted octanol–water partition coefficient (Wildman–Crippen LogP) is 0.185. The van der Waals surface area contributed by atoms with Gasteiger partial charge in [0.2, 0.25) is 5.91 Å². The van der Waals surface area contributed by atoms with Gasteiger partial charge in [0.1, 0.15) is 18.3 Å². The van der Waals surface area contributed by atoms with Crippen LogP contribution in [0.15, 0.2) is 24.3 Å². The number of quaternary nitrogens is 1. The Balaban J connectivity index is 1.65. The van der Waals surface area contributed by atoms with E-state index in [9.17, 15) is 14.4 Å². The van der Waals surface area contributed by atoms with E-state index >= 15 is 0 Å². The van der Waals surface area contributed by atoms with Gasteiger partial charge in [-0.25, -0.2) is 9.59 Å². The van der Waals surface area contributed by atoms with Crippen molar-refractivity contribution in [2.24, 2.45) is 0 Å². The standard InChI is InChI=1S/C23H34N4O5/c1-31-18-10-8-16(9-11-18)14-19(22(29)32-2)26-21(28)20-15-24-12-13-27(20)23(30)25-17-6-4-3-5-7-17/h8-11,17,19-20,24H,3-7,12-15H2,1-2H3,(H,25,30)(H,26,28)/p+1/t19-,20-/m0/s1. The zero-order chi connectivity index (χ0) is 22.9. The number of carbonyl (C=O) groups is 3. The molecule has 1 aliphatic carbocycles. The molecule has 3 amide bonds. The van der Waals surface area contributed by atoms with Crippen LogP contribution in [0, 0.1) is 0 Å². The second-order valence-corrected chi connectivity index (χ2v) is 8.44. The largest absolute Gasteiger partial charge is 0.497 e. The summed E-state index contributed by atoms with van der Waals surface area (Å²) in [5.41, 5.74) is 0.864. The van der Waals surface area contributed by atoms with E-state index in [-0.39, 0.29) is 24.4 Å². The Morgan fingerprint density at radius 3 is 2.50 bits per heavy atom. The number of hydrogen-bond acceptors (Lipinski definition) is 5. The van der Waals surface area contributed by atoms with Crippen molar-refractivity contribution in [2.75, 3.05) is 33.9 Å². The van der Waals surface area contributed by atoms with Gasteiger partial charge in [-0.15, -0.1) is 0 Å². The van der Waals surface area contributed by atoms with Crippen LogP contribution in [-0.2, 0) is 20.7 Å². The molecular formula is C23H35N4O5+. The van der Waals surface area contributed by atoms with Crippen molar-refractivity contribution < 1.29 is 29.2 Å². The lowest BCUT2D eigenvalue weighted by molar-refractivity contribution is -0.665. The fourth-order valence-corrected chi connectivity index (χ4v) is 4.39. The van der Waals surface area contributed by atoms with Crippen molar-refractivity contribution in [2.45, 2.75) is 56.7 Å². The van der Waals surface area contributed by atoms with Crippen molar-refractivity contribution in [3.8, 4) is 5.75 Å². The highest BCUT2D eigenvalue weighted by Gasteiger charge is 2.37. The molecule has 0 aromatic heterocycles. The third-order valence-corrected chi connectivity index (χ3v) is 6.24. The van der Waals surface area contributed by atoms with Crippen LogP contribution in [0.5, 0.6) is 5.75 Å². The maximum absolute atomic E-state index is 13.1. The van der Waals surface area contributed by atoms with E-state index in [1.807, 2.05) is 17.4 Å². The van der Waals surface area contributed by atoms with E-state index in [0.717, 1.165) is 37.8 Å². The van der Waals surface area contributed by atoms with E-state index in [1.54, 1.807) is 24.1 Å². The molecule has 1 aromatic rings. The Labute approximate surface area is 189 Å². The Bertz CT molecular complexity index is 779. The molecule has 1 aliphatic heterocycles. The van der Waals surface area contributed by atoms with Crippen molar-refractivity contribution in [3.63, 3.8) is 0 Å². The van der Waals surface area contributed by atoms with Crippen molar-refractivity contribution in [1.29, 1.82) is 0 Å². The van der Waals surface area contributed by atoms with Gasteiger partial charge in [0, 0.05) is 12.5 Å². The molecule has 1 heterocycles. The zero-order valence-electron chi connectivity index (χ0n) is 19.0. The fraction of sp³-hybridized carbons (Fsp3) is 0.609. The summed E-state index contributed by atoms with van der Waals surface area (Å²) >= 11 is 0. The molecule has 0 unspecified atom stereocenters. The van der Waals surface area contributed by atoms with Crippen molar-refractivity contribution in [3.05, 3.63) is 29.8 Å². The number of nitrogens with two attached hydrogens (primary N) is 1. The maximum Gasteiger partial charge on any atom is 0.328 e. The molecule has 0 spiro atoms. The molecule has 1 saturated heterocycles. The number of nitrogens with zero attached hydrogens (tertiary/aromatic N) is 1. The number of amides is 3. The average Bonchev–Trinajstić information content (AvgIpc) is 2.84. The highest BCUT2D eigenvalue weighted by molar-refractivity contribution is 5.90.